The third-order valence-electron chi connectivity index (χ3n) is 2.91. The molecule has 0 spiro atoms. The number of nitrogens with zero attached hydrogens (tertiary/aromatic N) is 2. The molecule has 1 rings (SSSR count). The van der Waals surface area contributed by atoms with Crippen LogP contribution in [0.15, 0.2) is 18.2 Å². The van der Waals surface area contributed by atoms with Crippen LogP contribution in [0.2, 0.25) is 0 Å². The molecule has 0 fully saturated rings. The van der Waals surface area contributed by atoms with E-state index in [4.69, 9.17) is 5.73 Å². The molecule has 0 aliphatic heterocycles. The smallest absolute Gasteiger partial charge is 0.251 e. The highest BCUT2D eigenvalue weighted by atomic mass is 16.2. The Morgan fingerprint density at radius 3 is 2.40 bits per heavy atom. The van der Waals surface area contributed by atoms with Gasteiger partial charge in [-0.15, -0.1) is 0 Å². The summed E-state index contributed by atoms with van der Waals surface area (Å²) in [6, 6.07) is 5.08. The van der Waals surface area contributed by atoms with Crippen LogP contribution < -0.4 is 16.0 Å². The minimum absolute atomic E-state index is 0.0142. The summed E-state index contributed by atoms with van der Waals surface area (Å²) < 4.78 is 0. The standard InChI is InChI=1S/C14H22N4O2/c1-5-16-14(20)10-6-7-12(11(15)8-10)18(4)9-13(19)17(2)3/h6-8H,5,9,15H2,1-4H3,(H,16,20). The molecule has 0 saturated heterocycles. The molecule has 0 aromatic heterocycles. The average Bonchev–Trinajstić information content (AvgIpc) is 2.38. The van der Waals surface area contributed by atoms with Crippen LogP contribution in [0, 0.1) is 0 Å². The van der Waals surface area contributed by atoms with E-state index in [-0.39, 0.29) is 18.4 Å². The Bertz CT molecular complexity index is 500. The molecule has 0 heterocycles. The molecule has 110 valence electrons. The normalized spacial score (nSPS) is 10.0. The Hall–Kier alpha value is -2.24. The predicted molar refractivity (Wildman–Crippen MR) is 80.8 cm³/mol. The predicted octanol–water partition coefficient (Wildman–Crippen LogP) is 0.543. The number of carbonyl (C=O) groups excluding carboxylic acids is 2. The van der Waals surface area contributed by atoms with Crippen LogP contribution in [0.5, 0.6) is 0 Å². The lowest BCUT2D eigenvalue weighted by Gasteiger charge is -2.22. The zero-order valence-electron chi connectivity index (χ0n) is 12.4. The van der Waals surface area contributed by atoms with Crippen molar-refractivity contribution in [2.45, 2.75) is 6.92 Å². The van der Waals surface area contributed by atoms with Crippen LogP contribution in [-0.2, 0) is 4.79 Å². The molecular formula is C14H22N4O2. The largest absolute Gasteiger partial charge is 0.397 e. The number of rotatable bonds is 5. The first-order valence-corrected chi connectivity index (χ1v) is 6.45. The fourth-order valence-corrected chi connectivity index (χ4v) is 1.74. The topological polar surface area (TPSA) is 78.7 Å². The van der Waals surface area contributed by atoms with Gasteiger partial charge in [0.1, 0.15) is 0 Å². The maximum atomic E-state index is 11.7. The first-order valence-electron chi connectivity index (χ1n) is 6.45. The van der Waals surface area contributed by atoms with Gasteiger partial charge in [-0.05, 0) is 25.1 Å². The second kappa shape index (κ2) is 6.79. The summed E-state index contributed by atoms with van der Waals surface area (Å²) in [4.78, 5) is 26.7. The van der Waals surface area contributed by atoms with Crippen molar-refractivity contribution in [3.05, 3.63) is 23.8 Å². The number of nitrogen functional groups attached to an aromatic ring is 1. The first kappa shape index (κ1) is 15.8. The quantitative estimate of drug-likeness (QED) is 0.771. The van der Waals surface area contributed by atoms with Crippen molar-refractivity contribution in [3.63, 3.8) is 0 Å². The van der Waals surface area contributed by atoms with Crippen molar-refractivity contribution in [1.82, 2.24) is 10.2 Å². The summed E-state index contributed by atoms with van der Waals surface area (Å²) in [5.41, 5.74) is 7.68. The summed E-state index contributed by atoms with van der Waals surface area (Å²) >= 11 is 0. The summed E-state index contributed by atoms with van der Waals surface area (Å²) in [5, 5.41) is 2.72. The molecule has 0 aliphatic rings. The minimum Gasteiger partial charge on any atom is -0.397 e. The Morgan fingerprint density at radius 1 is 1.25 bits per heavy atom. The number of amides is 2. The molecule has 2 amide bonds. The lowest BCUT2D eigenvalue weighted by atomic mass is 10.1. The summed E-state index contributed by atoms with van der Waals surface area (Å²) in [5.74, 6) is -0.169. The van der Waals surface area contributed by atoms with Gasteiger partial charge < -0.3 is 20.9 Å². The number of nitrogens with one attached hydrogen (secondary N) is 1. The minimum atomic E-state index is -0.155. The fourth-order valence-electron chi connectivity index (χ4n) is 1.74. The van der Waals surface area contributed by atoms with Gasteiger partial charge in [0, 0.05) is 33.3 Å². The highest BCUT2D eigenvalue weighted by molar-refractivity contribution is 5.96. The number of likely N-dealkylation sites (N-methyl/N-ethyl adjacent to an activating group) is 2. The number of carbonyl (C=O) groups is 2. The summed E-state index contributed by atoms with van der Waals surface area (Å²) in [6.45, 7) is 2.66. The van der Waals surface area contributed by atoms with Crippen LogP contribution in [-0.4, -0.2) is 50.9 Å². The second-order valence-corrected chi connectivity index (χ2v) is 4.78. The van der Waals surface area contributed by atoms with E-state index in [0.29, 0.717) is 17.8 Å². The molecule has 0 aliphatic carbocycles. The zero-order chi connectivity index (χ0) is 15.3. The van der Waals surface area contributed by atoms with Crippen molar-refractivity contribution in [3.8, 4) is 0 Å². The second-order valence-electron chi connectivity index (χ2n) is 4.78. The van der Waals surface area contributed by atoms with E-state index in [1.807, 2.05) is 6.92 Å². The average molecular weight is 278 g/mol. The summed E-state index contributed by atoms with van der Waals surface area (Å²) in [7, 11) is 5.20. The van der Waals surface area contributed by atoms with Gasteiger partial charge in [-0.2, -0.15) is 0 Å². The molecule has 6 nitrogen and oxygen atoms in total. The van der Waals surface area contributed by atoms with E-state index in [9.17, 15) is 9.59 Å². The molecule has 0 bridgehead atoms. The van der Waals surface area contributed by atoms with Gasteiger partial charge in [0.15, 0.2) is 0 Å². The maximum absolute atomic E-state index is 11.7. The lowest BCUT2D eigenvalue weighted by molar-refractivity contribution is -0.127. The van der Waals surface area contributed by atoms with Crippen LogP contribution in [0.3, 0.4) is 0 Å². The van der Waals surface area contributed by atoms with Crippen molar-refractivity contribution in [1.29, 1.82) is 0 Å². The molecule has 1 aromatic rings. The Balaban J connectivity index is 2.87. The monoisotopic (exact) mass is 278 g/mol. The number of anilines is 2. The van der Waals surface area contributed by atoms with Crippen molar-refractivity contribution >= 4 is 23.2 Å². The molecule has 1 aromatic carbocycles. The third-order valence-corrected chi connectivity index (χ3v) is 2.91. The Morgan fingerprint density at radius 2 is 1.90 bits per heavy atom. The van der Waals surface area contributed by atoms with Gasteiger partial charge in [-0.25, -0.2) is 0 Å². The maximum Gasteiger partial charge on any atom is 0.251 e. The van der Waals surface area contributed by atoms with Gasteiger partial charge in [0.2, 0.25) is 5.91 Å². The van der Waals surface area contributed by atoms with Gasteiger partial charge >= 0.3 is 0 Å². The Kier molecular flexibility index (Phi) is 5.37. The van der Waals surface area contributed by atoms with Crippen LogP contribution in [0.25, 0.3) is 0 Å². The number of benzene rings is 1. The molecule has 20 heavy (non-hydrogen) atoms. The molecule has 0 radical (unpaired) electrons. The van der Waals surface area contributed by atoms with Crippen molar-refractivity contribution < 1.29 is 9.59 Å². The van der Waals surface area contributed by atoms with Gasteiger partial charge in [-0.1, -0.05) is 0 Å². The molecule has 0 unspecified atom stereocenters. The number of hydrogen-bond acceptors (Lipinski definition) is 4. The molecule has 6 heteroatoms. The lowest BCUT2D eigenvalue weighted by Crippen LogP contribution is -2.34. The van der Waals surface area contributed by atoms with Crippen molar-refractivity contribution in [2.75, 3.05) is 44.9 Å². The Labute approximate surface area is 119 Å². The van der Waals surface area contributed by atoms with E-state index in [1.165, 1.54) is 4.90 Å². The highest BCUT2D eigenvalue weighted by Crippen LogP contribution is 2.23. The fraction of sp³-hybridized carbons (Fsp3) is 0.429. The molecule has 3 N–H and O–H groups in total. The molecular weight excluding hydrogens is 256 g/mol. The van der Waals surface area contributed by atoms with E-state index >= 15 is 0 Å². The van der Waals surface area contributed by atoms with Crippen LogP contribution >= 0.6 is 0 Å². The SMILES string of the molecule is CCNC(=O)c1ccc(N(C)CC(=O)N(C)C)c(N)c1. The van der Waals surface area contributed by atoms with Gasteiger partial charge in [0.05, 0.1) is 17.9 Å². The summed E-state index contributed by atoms with van der Waals surface area (Å²) in [6.07, 6.45) is 0. The molecule has 0 atom stereocenters. The number of nitrogens with two attached hydrogens (primary N) is 1. The molecule has 0 saturated carbocycles. The van der Waals surface area contributed by atoms with Crippen LogP contribution in [0.4, 0.5) is 11.4 Å². The first-order chi connectivity index (χ1) is 9.36. The van der Waals surface area contributed by atoms with E-state index in [2.05, 4.69) is 5.32 Å². The van der Waals surface area contributed by atoms with E-state index in [0.717, 1.165) is 5.69 Å². The third kappa shape index (κ3) is 3.88. The van der Waals surface area contributed by atoms with Gasteiger partial charge in [-0.3, -0.25) is 9.59 Å². The van der Waals surface area contributed by atoms with Crippen LogP contribution in [0.1, 0.15) is 17.3 Å². The van der Waals surface area contributed by atoms with Gasteiger partial charge in [0.25, 0.3) is 5.91 Å². The van der Waals surface area contributed by atoms with Crippen molar-refractivity contribution in [2.24, 2.45) is 0 Å². The number of hydrogen-bond donors (Lipinski definition) is 2. The van der Waals surface area contributed by atoms with E-state index in [1.54, 1.807) is 44.2 Å². The highest BCUT2D eigenvalue weighted by Gasteiger charge is 2.13. The zero-order valence-corrected chi connectivity index (χ0v) is 12.4. The van der Waals surface area contributed by atoms with E-state index < -0.39 is 0 Å².